The summed E-state index contributed by atoms with van der Waals surface area (Å²) >= 11 is 0. The molecule has 0 amide bonds. The molecule has 0 spiro atoms. The van der Waals surface area contributed by atoms with Gasteiger partial charge in [0.1, 0.15) is 11.6 Å². The van der Waals surface area contributed by atoms with Crippen molar-refractivity contribution in [3.8, 4) is 0 Å². The third-order valence-corrected chi connectivity index (χ3v) is 3.35. The van der Waals surface area contributed by atoms with Gasteiger partial charge in [0.05, 0.1) is 6.42 Å². The predicted molar refractivity (Wildman–Crippen MR) is 76.8 cm³/mol. The molecule has 0 heterocycles. The Kier molecular flexibility index (Phi) is 12.3. The van der Waals surface area contributed by atoms with Crippen molar-refractivity contribution in [3.63, 3.8) is 0 Å². The highest BCUT2D eigenvalue weighted by Crippen LogP contribution is 2.11. The van der Waals surface area contributed by atoms with Gasteiger partial charge in [-0.15, -0.1) is 0 Å². The number of Topliss-reactive ketones (excluding diaryl/α,β-unsaturated/α-hetero) is 2. The monoisotopic (exact) mass is 254 g/mol. The van der Waals surface area contributed by atoms with Gasteiger partial charge in [0.15, 0.2) is 0 Å². The highest BCUT2D eigenvalue weighted by molar-refractivity contribution is 5.98. The fourth-order valence-electron chi connectivity index (χ4n) is 2.07. The molecule has 0 radical (unpaired) electrons. The normalized spacial score (nSPS) is 10.6. The molecule has 0 aromatic heterocycles. The Labute approximate surface area is 113 Å². The molecule has 0 bridgehead atoms. The topological polar surface area (TPSA) is 34.1 Å². The van der Waals surface area contributed by atoms with E-state index in [1.807, 2.05) is 6.92 Å². The molecule has 0 aliphatic carbocycles. The Bertz CT molecular complexity index is 221. The summed E-state index contributed by atoms with van der Waals surface area (Å²) in [4.78, 5) is 22.5. The highest BCUT2D eigenvalue weighted by Gasteiger charge is 2.06. The van der Waals surface area contributed by atoms with Crippen molar-refractivity contribution in [2.45, 2.75) is 90.9 Å². The molecule has 2 heteroatoms. The number of carbonyl (C=O) groups is 2. The van der Waals surface area contributed by atoms with Crippen LogP contribution in [-0.4, -0.2) is 11.6 Å². The van der Waals surface area contributed by atoms with Gasteiger partial charge in [-0.1, -0.05) is 65.2 Å². The number of hydrogen-bond acceptors (Lipinski definition) is 2. The number of rotatable bonds is 13. The van der Waals surface area contributed by atoms with Crippen LogP contribution in [0.3, 0.4) is 0 Å². The predicted octanol–water partition coefficient (Wildman–Crippen LogP) is 4.85. The van der Waals surface area contributed by atoms with Crippen LogP contribution in [0.15, 0.2) is 0 Å². The second kappa shape index (κ2) is 12.8. The lowest BCUT2D eigenvalue weighted by Gasteiger charge is -2.02. The maximum Gasteiger partial charge on any atom is 0.140 e. The van der Waals surface area contributed by atoms with E-state index >= 15 is 0 Å². The molecule has 0 aliphatic heterocycles. The maximum atomic E-state index is 11.4. The van der Waals surface area contributed by atoms with Crippen LogP contribution < -0.4 is 0 Å². The van der Waals surface area contributed by atoms with Crippen LogP contribution in [0.5, 0.6) is 0 Å². The lowest BCUT2D eigenvalue weighted by Crippen LogP contribution is -2.06. The van der Waals surface area contributed by atoms with Crippen LogP contribution in [0, 0.1) is 0 Å². The van der Waals surface area contributed by atoms with E-state index in [9.17, 15) is 9.59 Å². The van der Waals surface area contributed by atoms with Crippen LogP contribution in [0.25, 0.3) is 0 Å². The van der Waals surface area contributed by atoms with E-state index in [1.165, 1.54) is 44.9 Å². The van der Waals surface area contributed by atoms with E-state index in [4.69, 9.17) is 0 Å². The first-order valence-corrected chi connectivity index (χ1v) is 7.74. The van der Waals surface area contributed by atoms with E-state index in [0.717, 1.165) is 12.8 Å². The van der Waals surface area contributed by atoms with Gasteiger partial charge in [0.25, 0.3) is 0 Å². The standard InChI is InChI=1S/C16H30O2/c1-3-5-6-7-8-9-10-11-12-13-16(18)14-15(17)4-2/h3-14H2,1-2H3. The molecule has 0 aromatic rings. The highest BCUT2D eigenvalue weighted by atomic mass is 16.1. The molecule has 0 aromatic carbocycles. The van der Waals surface area contributed by atoms with E-state index in [1.54, 1.807) is 0 Å². The fraction of sp³-hybridized carbons (Fsp3) is 0.875. The zero-order chi connectivity index (χ0) is 13.6. The maximum absolute atomic E-state index is 11.4. The molecule has 0 aliphatic rings. The Hall–Kier alpha value is -0.660. The summed E-state index contributed by atoms with van der Waals surface area (Å²) in [5, 5.41) is 0. The molecule has 18 heavy (non-hydrogen) atoms. The summed E-state index contributed by atoms with van der Waals surface area (Å²) in [7, 11) is 0. The van der Waals surface area contributed by atoms with Crippen molar-refractivity contribution < 1.29 is 9.59 Å². The van der Waals surface area contributed by atoms with Gasteiger partial charge in [-0.2, -0.15) is 0 Å². The zero-order valence-corrected chi connectivity index (χ0v) is 12.3. The van der Waals surface area contributed by atoms with Crippen molar-refractivity contribution in [1.82, 2.24) is 0 Å². The summed E-state index contributed by atoms with van der Waals surface area (Å²) in [6, 6.07) is 0. The Balaban J connectivity index is 3.20. The van der Waals surface area contributed by atoms with Crippen LogP contribution in [-0.2, 0) is 9.59 Å². The van der Waals surface area contributed by atoms with Crippen LogP contribution >= 0.6 is 0 Å². The molecule has 0 atom stereocenters. The minimum atomic E-state index is 0.0796. The third-order valence-electron chi connectivity index (χ3n) is 3.35. The third kappa shape index (κ3) is 11.8. The Morgan fingerprint density at radius 3 is 1.67 bits per heavy atom. The molecule has 106 valence electrons. The van der Waals surface area contributed by atoms with Crippen molar-refractivity contribution in [2.75, 3.05) is 0 Å². The second-order valence-electron chi connectivity index (χ2n) is 5.19. The largest absolute Gasteiger partial charge is 0.299 e. The smallest absolute Gasteiger partial charge is 0.140 e. The number of hydrogen-bond donors (Lipinski definition) is 0. The van der Waals surface area contributed by atoms with Gasteiger partial charge in [-0.05, 0) is 6.42 Å². The fourth-order valence-corrected chi connectivity index (χ4v) is 2.07. The number of ketones is 2. The Morgan fingerprint density at radius 2 is 1.17 bits per heavy atom. The van der Waals surface area contributed by atoms with Crippen molar-refractivity contribution in [3.05, 3.63) is 0 Å². The average molecular weight is 254 g/mol. The van der Waals surface area contributed by atoms with Crippen LogP contribution in [0.2, 0.25) is 0 Å². The molecule has 0 saturated carbocycles. The van der Waals surface area contributed by atoms with E-state index < -0.39 is 0 Å². The summed E-state index contributed by atoms with van der Waals surface area (Å²) in [5.74, 6) is 0.209. The zero-order valence-electron chi connectivity index (χ0n) is 12.3. The first kappa shape index (κ1) is 17.3. The summed E-state index contributed by atoms with van der Waals surface area (Å²) in [5.41, 5.74) is 0. The van der Waals surface area contributed by atoms with Gasteiger partial charge in [0.2, 0.25) is 0 Å². The van der Waals surface area contributed by atoms with Crippen molar-refractivity contribution in [1.29, 1.82) is 0 Å². The molecular formula is C16H30O2. The minimum Gasteiger partial charge on any atom is -0.299 e. The molecule has 0 fully saturated rings. The van der Waals surface area contributed by atoms with Gasteiger partial charge in [0, 0.05) is 12.8 Å². The minimum absolute atomic E-state index is 0.0796. The molecule has 2 nitrogen and oxygen atoms in total. The van der Waals surface area contributed by atoms with Crippen LogP contribution in [0.4, 0.5) is 0 Å². The van der Waals surface area contributed by atoms with Crippen LogP contribution in [0.1, 0.15) is 90.9 Å². The molecule has 0 saturated heterocycles. The van der Waals surface area contributed by atoms with Gasteiger partial charge in [-0.25, -0.2) is 0 Å². The van der Waals surface area contributed by atoms with Crippen molar-refractivity contribution in [2.24, 2.45) is 0 Å². The van der Waals surface area contributed by atoms with E-state index in [2.05, 4.69) is 6.92 Å². The van der Waals surface area contributed by atoms with Gasteiger partial charge >= 0.3 is 0 Å². The van der Waals surface area contributed by atoms with Gasteiger partial charge in [-0.3, -0.25) is 9.59 Å². The summed E-state index contributed by atoms with van der Waals surface area (Å²) < 4.78 is 0. The first-order valence-electron chi connectivity index (χ1n) is 7.74. The molecular weight excluding hydrogens is 224 g/mol. The van der Waals surface area contributed by atoms with E-state index in [-0.39, 0.29) is 18.0 Å². The SMILES string of the molecule is CCCCCCCCCCCC(=O)CC(=O)CC. The number of carbonyl (C=O) groups excluding carboxylic acids is 2. The average Bonchev–Trinajstić information content (AvgIpc) is 2.36. The number of unbranched alkanes of at least 4 members (excludes halogenated alkanes) is 8. The first-order chi connectivity index (χ1) is 8.70. The van der Waals surface area contributed by atoms with E-state index in [0.29, 0.717) is 12.8 Å². The quantitative estimate of drug-likeness (QED) is 0.348. The second-order valence-corrected chi connectivity index (χ2v) is 5.19. The van der Waals surface area contributed by atoms with Crippen molar-refractivity contribution >= 4 is 11.6 Å². The summed E-state index contributed by atoms with van der Waals surface area (Å²) in [6.45, 7) is 4.05. The summed E-state index contributed by atoms with van der Waals surface area (Å²) in [6.07, 6.45) is 12.6. The van der Waals surface area contributed by atoms with Gasteiger partial charge < -0.3 is 0 Å². The lowest BCUT2D eigenvalue weighted by atomic mass is 10.0. The molecule has 0 unspecified atom stereocenters. The molecule has 0 N–H and O–H groups in total. The molecule has 0 rings (SSSR count). The Morgan fingerprint density at radius 1 is 0.667 bits per heavy atom. The lowest BCUT2D eigenvalue weighted by molar-refractivity contribution is -0.126.